The van der Waals surface area contributed by atoms with Crippen LogP contribution in [0.1, 0.15) is 31.0 Å². The lowest BCUT2D eigenvalue weighted by Gasteiger charge is -2.23. The average molecular weight is 331 g/mol. The van der Waals surface area contributed by atoms with Gasteiger partial charge >= 0.3 is 0 Å². The SMILES string of the molecule is Cc1ccc(Cl)cc1NC(=O)CN[C@H](c1ccccc1)C(C)C. The molecule has 1 atom stereocenters. The van der Waals surface area contributed by atoms with Crippen LogP contribution in [0.5, 0.6) is 0 Å². The molecular formula is C19H23ClN2O. The molecule has 0 aliphatic heterocycles. The largest absolute Gasteiger partial charge is 0.325 e. The molecule has 0 saturated carbocycles. The zero-order valence-corrected chi connectivity index (χ0v) is 14.5. The topological polar surface area (TPSA) is 41.1 Å². The maximum absolute atomic E-state index is 12.2. The van der Waals surface area contributed by atoms with Crippen LogP contribution in [-0.4, -0.2) is 12.5 Å². The average Bonchev–Trinajstić information content (AvgIpc) is 2.52. The zero-order chi connectivity index (χ0) is 16.8. The molecule has 2 rings (SSSR count). The van der Waals surface area contributed by atoms with E-state index in [1.165, 1.54) is 5.56 Å². The second kappa shape index (κ2) is 8.14. The number of carbonyl (C=O) groups is 1. The lowest BCUT2D eigenvalue weighted by atomic mass is 9.96. The Morgan fingerprint density at radius 3 is 2.48 bits per heavy atom. The van der Waals surface area contributed by atoms with Crippen molar-refractivity contribution in [2.45, 2.75) is 26.8 Å². The minimum atomic E-state index is -0.0723. The van der Waals surface area contributed by atoms with Gasteiger partial charge in [0.1, 0.15) is 0 Å². The summed E-state index contributed by atoms with van der Waals surface area (Å²) >= 11 is 5.98. The third-order valence-corrected chi connectivity index (χ3v) is 4.02. The number of benzene rings is 2. The molecule has 2 N–H and O–H groups in total. The van der Waals surface area contributed by atoms with Crippen molar-refractivity contribution in [2.24, 2.45) is 5.92 Å². The van der Waals surface area contributed by atoms with Crippen LogP contribution in [0.4, 0.5) is 5.69 Å². The molecule has 122 valence electrons. The maximum Gasteiger partial charge on any atom is 0.238 e. The number of hydrogen-bond acceptors (Lipinski definition) is 2. The molecule has 0 fully saturated rings. The fraction of sp³-hybridized carbons (Fsp3) is 0.316. The van der Waals surface area contributed by atoms with E-state index in [1.807, 2.05) is 37.3 Å². The normalized spacial score (nSPS) is 12.2. The van der Waals surface area contributed by atoms with Crippen LogP contribution in [0.2, 0.25) is 5.02 Å². The highest BCUT2D eigenvalue weighted by Crippen LogP contribution is 2.22. The summed E-state index contributed by atoms with van der Waals surface area (Å²) in [5, 5.41) is 6.87. The molecule has 0 unspecified atom stereocenters. The van der Waals surface area contributed by atoms with Gasteiger partial charge in [0.2, 0.25) is 5.91 Å². The molecule has 0 radical (unpaired) electrons. The van der Waals surface area contributed by atoms with E-state index in [4.69, 9.17) is 11.6 Å². The first-order valence-corrected chi connectivity index (χ1v) is 8.19. The van der Waals surface area contributed by atoms with Crippen molar-refractivity contribution in [1.29, 1.82) is 0 Å². The summed E-state index contributed by atoms with van der Waals surface area (Å²) in [7, 11) is 0. The molecule has 0 aliphatic carbocycles. The predicted molar refractivity (Wildman–Crippen MR) is 96.8 cm³/mol. The third kappa shape index (κ3) is 5.08. The summed E-state index contributed by atoms with van der Waals surface area (Å²) < 4.78 is 0. The molecule has 3 nitrogen and oxygen atoms in total. The van der Waals surface area contributed by atoms with Crippen LogP contribution >= 0.6 is 11.6 Å². The Morgan fingerprint density at radius 2 is 1.83 bits per heavy atom. The van der Waals surface area contributed by atoms with Gasteiger partial charge in [0, 0.05) is 16.8 Å². The van der Waals surface area contributed by atoms with Crippen molar-refractivity contribution in [3.05, 3.63) is 64.7 Å². The number of anilines is 1. The van der Waals surface area contributed by atoms with E-state index >= 15 is 0 Å². The van der Waals surface area contributed by atoms with Gasteiger partial charge in [0.05, 0.1) is 6.54 Å². The van der Waals surface area contributed by atoms with Gasteiger partial charge in [-0.2, -0.15) is 0 Å². The molecule has 0 spiro atoms. The number of halogens is 1. The molecule has 23 heavy (non-hydrogen) atoms. The van der Waals surface area contributed by atoms with Gasteiger partial charge in [-0.15, -0.1) is 0 Å². The van der Waals surface area contributed by atoms with Crippen molar-refractivity contribution in [1.82, 2.24) is 5.32 Å². The van der Waals surface area contributed by atoms with Gasteiger partial charge in [0.25, 0.3) is 0 Å². The Morgan fingerprint density at radius 1 is 1.13 bits per heavy atom. The van der Waals surface area contributed by atoms with Crippen LogP contribution in [0.3, 0.4) is 0 Å². The van der Waals surface area contributed by atoms with Crippen molar-refractivity contribution < 1.29 is 4.79 Å². The van der Waals surface area contributed by atoms with Crippen LogP contribution in [-0.2, 0) is 4.79 Å². The smallest absolute Gasteiger partial charge is 0.238 e. The summed E-state index contributed by atoms with van der Waals surface area (Å²) in [6.45, 7) is 6.48. The fourth-order valence-corrected chi connectivity index (χ4v) is 2.70. The highest BCUT2D eigenvalue weighted by Gasteiger charge is 2.16. The van der Waals surface area contributed by atoms with Crippen molar-refractivity contribution in [3.8, 4) is 0 Å². The third-order valence-electron chi connectivity index (χ3n) is 3.78. The molecule has 0 heterocycles. The van der Waals surface area contributed by atoms with Crippen molar-refractivity contribution in [3.63, 3.8) is 0 Å². The van der Waals surface area contributed by atoms with Crippen LogP contribution < -0.4 is 10.6 Å². The number of amides is 1. The monoisotopic (exact) mass is 330 g/mol. The molecule has 0 bridgehead atoms. The standard InChI is InChI=1S/C19H23ClN2O/c1-13(2)19(15-7-5-4-6-8-15)21-12-18(23)22-17-11-16(20)10-9-14(17)3/h4-11,13,19,21H,12H2,1-3H3,(H,22,23)/t19-/m0/s1. The summed E-state index contributed by atoms with van der Waals surface area (Å²) in [5.41, 5.74) is 2.94. The quantitative estimate of drug-likeness (QED) is 0.814. The lowest BCUT2D eigenvalue weighted by molar-refractivity contribution is -0.115. The van der Waals surface area contributed by atoms with E-state index < -0.39 is 0 Å². The summed E-state index contributed by atoms with van der Waals surface area (Å²) in [4.78, 5) is 12.2. The van der Waals surface area contributed by atoms with Gasteiger partial charge in [0.15, 0.2) is 0 Å². The van der Waals surface area contributed by atoms with Gasteiger partial charge in [-0.3, -0.25) is 4.79 Å². The summed E-state index contributed by atoms with van der Waals surface area (Å²) in [5.74, 6) is 0.315. The van der Waals surface area contributed by atoms with Gasteiger partial charge in [-0.05, 0) is 36.1 Å². The number of rotatable bonds is 6. The second-order valence-electron chi connectivity index (χ2n) is 6.02. The Labute approximate surface area is 143 Å². The summed E-state index contributed by atoms with van der Waals surface area (Å²) in [6, 6.07) is 15.8. The van der Waals surface area contributed by atoms with Crippen LogP contribution in [0.25, 0.3) is 0 Å². The predicted octanol–water partition coefficient (Wildman–Crippen LogP) is 4.57. The van der Waals surface area contributed by atoms with Gasteiger partial charge in [-0.25, -0.2) is 0 Å². The Bertz CT molecular complexity index is 656. The molecule has 0 aliphatic rings. The minimum Gasteiger partial charge on any atom is -0.325 e. The Balaban J connectivity index is 1.98. The Hall–Kier alpha value is -1.84. The number of aryl methyl sites for hydroxylation is 1. The molecule has 4 heteroatoms. The van der Waals surface area contributed by atoms with Crippen molar-refractivity contribution >= 4 is 23.2 Å². The number of hydrogen-bond donors (Lipinski definition) is 2. The molecule has 1 amide bonds. The van der Waals surface area contributed by atoms with Gasteiger partial charge in [-0.1, -0.05) is 61.8 Å². The van der Waals surface area contributed by atoms with E-state index in [2.05, 4.69) is 36.6 Å². The van der Waals surface area contributed by atoms with Crippen molar-refractivity contribution in [2.75, 3.05) is 11.9 Å². The van der Waals surface area contributed by atoms with E-state index in [-0.39, 0.29) is 18.5 Å². The van der Waals surface area contributed by atoms with E-state index in [1.54, 1.807) is 6.07 Å². The second-order valence-corrected chi connectivity index (χ2v) is 6.46. The molecule has 2 aromatic carbocycles. The number of nitrogens with one attached hydrogen (secondary N) is 2. The Kier molecular flexibility index (Phi) is 6.20. The lowest BCUT2D eigenvalue weighted by Crippen LogP contribution is -2.33. The fourth-order valence-electron chi connectivity index (χ4n) is 2.52. The zero-order valence-electron chi connectivity index (χ0n) is 13.8. The highest BCUT2D eigenvalue weighted by molar-refractivity contribution is 6.31. The van der Waals surface area contributed by atoms with E-state index in [9.17, 15) is 4.79 Å². The first-order chi connectivity index (χ1) is 11.0. The first-order valence-electron chi connectivity index (χ1n) is 7.81. The van der Waals surface area contributed by atoms with E-state index in [0.717, 1.165) is 11.3 Å². The summed E-state index contributed by atoms with van der Waals surface area (Å²) in [6.07, 6.45) is 0. The first kappa shape index (κ1) is 17.5. The molecule has 2 aromatic rings. The van der Waals surface area contributed by atoms with Gasteiger partial charge < -0.3 is 10.6 Å². The molecular weight excluding hydrogens is 308 g/mol. The van der Waals surface area contributed by atoms with Crippen LogP contribution in [0, 0.1) is 12.8 Å². The van der Waals surface area contributed by atoms with Crippen LogP contribution in [0.15, 0.2) is 48.5 Å². The number of carbonyl (C=O) groups excluding carboxylic acids is 1. The maximum atomic E-state index is 12.2. The minimum absolute atomic E-state index is 0.0723. The molecule has 0 saturated heterocycles. The highest BCUT2D eigenvalue weighted by atomic mass is 35.5. The molecule has 0 aromatic heterocycles. The van der Waals surface area contributed by atoms with E-state index in [0.29, 0.717) is 10.9 Å².